The fourth-order valence-corrected chi connectivity index (χ4v) is 5.71. The number of para-hydroxylation sites is 2. The molecule has 0 unspecified atom stereocenters. The number of anilines is 2. The standard InChI is InChI=1S/C21H27N3O8S2/c1-30-19-9-8-16(34(28,29)23-10-12-32-13-11-23)14-17(19)22-21(25)15-24(33(3,26)27)18-6-4-5-7-20(18)31-2/h4-9,14H,10-13,15H2,1-3H3,(H,22,25). The molecule has 2 aromatic rings. The van der Waals surface area contributed by atoms with Crippen molar-refractivity contribution in [3.05, 3.63) is 42.5 Å². The number of ether oxygens (including phenoxy) is 3. The zero-order valence-corrected chi connectivity index (χ0v) is 20.7. The van der Waals surface area contributed by atoms with Gasteiger partial charge in [0.2, 0.25) is 26.0 Å². The minimum absolute atomic E-state index is 0.0322. The predicted octanol–water partition coefficient (Wildman–Crippen LogP) is 1.13. The highest BCUT2D eigenvalue weighted by atomic mass is 32.2. The van der Waals surface area contributed by atoms with E-state index >= 15 is 0 Å². The zero-order valence-electron chi connectivity index (χ0n) is 19.1. The number of morpholine rings is 1. The quantitative estimate of drug-likeness (QED) is 0.528. The number of nitrogens with zero attached hydrogens (tertiary/aromatic N) is 2. The molecule has 0 radical (unpaired) electrons. The second kappa shape index (κ2) is 10.6. The van der Waals surface area contributed by atoms with Gasteiger partial charge in [-0.1, -0.05) is 12.1 Å². The summed E-state index contributed by atoms with van der Waals surface area (Å²) >= 11 is 0. The molecule has 0 bridgehead atoms. The molecule has 0 atom stereocenters. The van der Waals surface area contributed by atoms with Gasteiger partial charge < -0.3 is 19.5 Å². The van der Waals surface area contributed by atoms with Gasteiger partial charge in [0.1, 0.15) is 18.0 Å². The van der Waals surface area contributed by atoms with Crippen LogP contribution in [0.3, 0.4) is 0 Å². The summed E-state index contributed by atoms with van der Waals surface area (Å²) in [5.41, 5.74) is 0.286. The average Bonchev–Trinajstić information content (AvgIpc) is 2.82. The van der Waals surface area contributed by atoms with Gasteiger partial charge in [-0.3, -0.25) is 9.10 Å². The molecule has 13 heteroatoms. The molecule has 0 saturated carbocycles. The van der Waals surface area contributed by atoms with E-state index in [1.54, 1.807) is 18.2 Å². The lowest BCUT2D eigenvalue weighted by Gasteiger charge is -2.26. The van der Waals surface area contributed by atoms with Crippen molar-refractivity contribution in [2.45, 2.75) is 4.90 Å². The van der Waals surface area contributed by atoms with Gasteiger partial charge >= 0.3 is 0 Å². The van der Waals surface area contributed by atoms with Crippen LogP contribution in [0, 0.1) is 0 Å². The summed E-state index contributed by atoms with van der Waals surface area (Å²) in [7, 11) is -4.91. The Balaban J connectivity index is 1.89. The van der Waals surface area contributed by atoms with Crippen molar-refractivity contribution in [2.24, 2.45) is 0 Å². The van der Waals surface area contributed by atoms with E-state index in [1.165, 1.54) is 42.8 Å². The van der Waals surface area contributed by atoms with E-state index in [4.69, 9.17) is 14.2 Å². The third-order valence-corrected chi connectivity index (χ3v) is 8.12. The first kappa shape index (κ1) is 25.7. The second-order valence-corrected chi connectivity index (χ2v) is 11.2. The minimum Gasteiger partial charge on any atom is -0.495 e. The molecule has 0 spiro atoms. The first-order valence-electron chi connectivity index (χ1n) is 10.2. The number of benzene rings is 2. The molecular weight excluding hydrogens is 486 g/mol. The van der Waals surface area contributed by atoms with E-state index < -0.39 is 32.5 Å². The maximum absolute atomic E-state index is 13.0. The van der Waals surface area contributed by atoms with Crippen molar-refractivity contribution < 1.29 is 35.8 Å². The van der Waals surface area contributed by atoms with E-state index in [0.717, 1.165) is 10.6 Å². The molecule has 1 saturated heterocycles. The van der Waals surface area contributed by atoms with Crippen molar-refractivity contribution in [3.8, 4) is 11.5 Å². The van der Waals surface area contributed by atoms with Crippen molar-refractivity contribution in [1.82, 2.24) is 4.31 Å². The maximum Gasteiger partial charge on any atom is 0.245 e. The first-order valence-corrected chi connectivity index (χ1v) is 13.5. The van der Waals surface area contributed by atoms with Crippen LogP contribution in [0.15, 0.2) is 47.4 Å². The van der Waals surface area contributed by atoms with Gasteiger partial charge in [0, 0.05) is 13.1 Å². The summed E-state index contributed by atoms with van der Waals surface area (Å²) in [6, 6.07) is 10.5. The summed E-state index contributed by atoms with van der Waals surface area (Å²) < 4.78 is 68.8. The normalized spacial score (nSPS) is 14.9. The smallest absolute Gasteiger partial charge is 0.245 e. The highest BCUT2D eigenvalue weighted by molar-refractivity contribution is 7.92. The number of amides is 1. The van der Waals surface area contributed by atoms with Gasteiger partial charge in [-0.15, -0.1) is 0 Å². The molecule has 1 aliphatic rings. The second-order valence-electron chi connectivity index (χ2n) is 7.37. The Morgan fingerprint density at radius 2 is 1.68 bits per heavy atom. The fraction of sp³-hybridized carbons (Fsp3) is 0.381. The molecule has 3 rings (SSSR count). The Morgan fingerprint density at radius 1 is 1.03 bits per heavy atom. The molecule has 0 aromatic heterocycles. The average molecular weight is 514 g/mol. The van der Waals surface area contributed by atoms with Crippen molar-refractivity contribution in [1.29, 1.82) is 0 Å². The first-order chi connectivity index (χ1) is 16.1. The highest BCUT2D eigenvalue weighted by Gasteiger charge is 2.28. The topological polar surface area (TPSA) is 132 Å². The summed E-state index contributed by atoms with van der Waals surface area (Å²) in [6.45, 7) is 0.464. The minimum atomic E-state index is -3.85. The van der Waals surface area contributed by atoms with Crippen LogP contribution in [0.25, 0.3) is 0 Å². The number of sulfonamides is 2. The number of carbonyl (C=O) groups excluding carboxylic acids is 1. The third kappa shape index (κ3) is 5.78. The van der Waals surface area contributed by atoms with Crippen molar-refractivity contribution >= 4 is 37.3 Å². The van der Waals surface area contributed by atoms with Crippen LogP contribution < -0.4 is 19.1 Å². The Kier molecular flexibility index (Phi) is 8.02. The van der Waals surface area contributed by atoms with Gasteiger partial charge in [-0.05, 0) is 30.3 Å². The Morgan fingerprint density at radius 3 is 2.29 bits per heavy atom. The number of carbonyl (C=O) groups is 1. The molecular formula is C21H27N3O8S2. The monoisotopic (exact) mass is 513 g/mol. The molecule has 186 valence electrons. The lowest BCUT2D eigenvalue weighted by atomic mass is 10.2. The van der Waals surface area contributed by atoms with E-state index in [0.29, 0.717) is 13.2 Å². The molecule has 11 nitrogen and oxygen atoms in total. The number of hydrogen-bond donors (Lipinski definition) is 1. The van der Waals surface area contributed by atoms with Gasteiger partial charge in [0.25, 0.3) is 0 Å². The number of nitrogens with one attached hydrogen (secondary N) is 1. The van der Waals surface area contributed by atoms with Gasteiger partial charge in [0.05, 0.1) is 50.0 Å². The summed E-state index contributed by atoms with van der Waals surface area (Å²) in [5.74, 6) is -0.204. The van der Waals surface area contributed by atoms with Crippen LogP contribution in [0.4, 0.5) is 11.4 Å². The van der Waals surface area contributed by atoms with Gasteiger partial charge in [-0.2, -0.15) is 4.31 Å². The molecule has 1 heterocycles. The molecule has 1 N–H and O–H groups in total. The Labute approximate surface area is 199 Å². The van der Waals surface area contributed by atoms with Crippen molar-refractivity contribution in [2.75, 3.05) is 62.9 Å². The van der Waals surface area contributed by atoms with Crippen LogP contribution in [0.2, 0.25) is 0 Å². The molecule has 1 aliphatic heterocycles. The largest absolute Gasteiger partial charge is 0.495 e. The van der Waals surface area contributed by atoms with Crippen LogP contribution in [-0.4, -0.2) is 80.4 Å². The molecule has 34 heavy (non-hydrogen) atoms. The molecule has 2 aromatic carbocycles. The lowest BCUT2D eigenvalue weighted by molar-refractivity contribution is -0.114. The molecule has 1 amide bonds. The van der Waals surface area contributed by atoms with Crippen LogP contribution in [-0.2, 0) is 29.6 Å². The number of rotatable bonds is 9. The SMILES string of the molecule is COc1ccc(S(=O)(=O)N2CCOCC2)cc1NC(=O)CN(c1ccccc1OC)S(C)(=O)=O. The molecule has 1 fully saturated rings. The van der Waals surface area contributed by atoms with Crippen molar-refractivity contribution in [3.63, 3.8) is 0 Å². The molecule has 0 aliphatic carbocycles. The lowest BCUT2D eigenvalue weighted by Crippen LogP contribution is -2.40. The Bertz CT molecular complexity index is 1240. The third-order valence-electron chi connectivity index (χ3n) is 5.09. The summed E-state index contributed by atoms with van der Waals surface area (Å²) in [5, 5.41) is 2.57. The van der Waals surface area contributed by atoms with Crippen LogP contribution in [0.1, 0.15) is 0 Å². The van der Waals surface area contributed by atoms with Crippen LogP contribution in [0.5, 0.6) is 11.5 Å². The number of hydrogen-bond acceptors (Lipinski definition) is 8. The predicted molar refractivity (Wildman–Crippen MR) is 126 cm³/mol. The van der Waals surface area contributed by atoms with Gasteiger partial charge in [-0.25, -0.2) is 16.8 Å². The Hall–Kier alpha value is -2.87. The van der Waals surface area contributed by atoms with E-state index in [-0.39, 0.29) is 40.9 Å². The number of methoxy groups -OCH3 is 2. The van der Waals surface area contributed by atoms with Gasteiger partial charge in [0.15, 0.2) is 0 Å². The summed E-state index contributed by atoms with van der Waals surface area (Å²) in [4.78, 5) is 12.9. The summed E-state index contributed by atoms with van der Waals surface area (Å²) in [6.07, 6.45) is 0.975. The fourth-order valence-electron chi connectivity index (χ4n) is 3.42. The van der Waals surface area contributed by atoms with E-state index in [9.17, 15) is 21.6 Å². The van der Waals surface area contributed by atoms with Crippen LogP contribution >= 0.6 is 0 Å². The highest BCUT2D eigenvalue weighted by Crippen LogP contribution is 2.31. The van der Waals surface area contributed by atoms with E-state index in [2.05, 4.69) is 5.32 Å². The maximum atomic E-state index is 13.0. The zero-order chi connectivity index (χ0) is 24.9. The van der Waals surface area contributed by atoms with E-state index in [1.807, 2.05) is 0 Å².